The van der Waals surface area contributed by atoms with Crippen molar-refractivity contribution in [3.8, 4) is 23.6 Å². The lowest BCUT2D eigenvalue weighted by Crippen LogP contribution is -2.47. The summed E-state index contributed by atoms with van der Waals surface area (Å²) in [6, 6.07) is 6.04. The van der Waals surface area contributed by atoms with Crippen LogP contribution in [0.5, 0.6) is 0 Å². The molecule has 0 bridgehead atoms. The van der Waals surface area contributed by atoms with Crippen molar-refractivity contribution in [2.75, 3.05) is 18.4 Å². The number of carbonyl (C=O) groups is 1. The summed E-state index contributed by atoms with van der Waals surface area (Å²) in [6.07, 6.45) is 8.27. The maximum Gasteiger partial charge on any atom is 0.243 e. The smallest absolute Gasteiger partial charge is 0.243 e. The van der Waals surface area contributed by atoms with Crippen LogP contribution in [0, 0.1) is 18.2 Å². The highest BCUT2D eigenvalue weighted by Crippen LogP contribution is 2.26. The van der Waals surface area contributed by atoms with E-state index in [1.807, 2.05) is 10.3 Å². The van der Waals surface area contributed by atoms with E-state index >= 15 is 0 Å². The molecule has 4 nitrogen and oxygen atoms in total. The standard InChI is InChI=1S/C18H18FN3OS/c1-2-9-22-10-4-3-8-16(22)17(23)21-18-20-15(12-24-18)13-6-5-7-14(19)11-13/h1,5-7,11-12,16H,3-4,8-10H2,(H,20,21,23). The number of terminal acetylenes is 1. The minimum atomic E-state index is -0.307. The first-order valence-corrected chi connectivity index (χ1v) is 8.75. The lowest BCUT2D eigenvalue weighted by atomic mass is 10.0. The largest absolute Gasteiger partial charge is 0.301 e. The molecule has 1 atom stereocenters. The van der Waals surface area contributed by atoms with Crippen molar-refractivity contribution in [1.29, 1.82) is 0 Å². The van der Waals surface area contributed by atoms with Gasteiger partial charge in [0.05, 0.1) is 18.3 Å². The molecular formula is C18H18FN3OS. The summed E-state index contributed by atoms with van der Waals surface area (Å²) in [6.45, 7) is 1.32. The highest BCUT2D eigenvalue weighted by atomic mass is 32.1. The van der Waals surface area contributed by atoms with Gasteiger partial charge in [-0.3, -0.25) is 9.69 Å². The van der Waals surface area contributed by atoms with E-state index in [0.717, 1.165) is 25.8 Å². The number of anilines is 1. The predicted molar refractivity (Wildman–Crippen MR) is 94.2 cm³/mol. The number of nitrogens with zero attached hydrogens (tertiary/aromatic N) is 2. The molecule has 1 aliphatic heterocycles. The number of likely N-dealkylation sites (tertiary alicyclic amines) is 1. The molecule has 1 saturated heterocycles. The average Bonchev–Trinajstić information content (AvgIpc) is 3.04. The Balaban J connectivity index is 1.70. The van der Waals surface area contributed by atoms with E-state index in [1.54, 1.807) is 12.1 Å². The minimum Gasteiger partial charge on any atom is -0.301 e. The van der Waals surface area contributed by atoms with E-state index in [2.05, 4.69) is 16.2 Å². The highest BCUT2D eigenvalue weighted by Gasteiger charge is 2.28. The van der Waals surface area contributed by atoms with Crippen LogP contribution in [-0.4, -0.2) is 34.9 Å². The predicted octanol–water partition coefficient (Wildman–Crippen LogP) is 3.38. The summed E-state index contributed by atoms with van der Waals surface area (Å²) < 4.78 is 13.3. The van der Waals surface area contributed by atoms with Crippen LogP contribution in [0.3, 0.4) is 0 Å². The van der Waals surface area contributed by atoms with Crippen molar-refractivity contribution in [1.82, 2.24) is 9.88 Å². The molecule has 1 fully saturated rings. The number of hydrogen-bond donors (Lipinski definition) is 1. The third-order valence-corrected chi connectivity index (χ3v) is 4.82. The van der Waals surface area contributed by atoms with Crippen molar-refractivity contribution in [3.05, 3.63) is 35.5 Å². The molecule has 0 aliphatic carbocycles. The Morgan fingerprint density at radius 2 is 2.38 bits per heavy atom. The number of piperidine rings is 1. The van der Waals surface area contributed by atoms with Gasteiger partial charge in [-0.15, -0.1) is 17.8 Å². The summed E-state index contributed by atoms with van der Waals surface area (Å²) in [7, 11) is 0. The second kappa shape index (κ2) is 7.56. The van der Waals surface area contributed by atoms with Crippen molar-refractivity contribution >= 4 is 22.4 Å². The number of amides is 1. The summed E-state index contributed by atoms with van der Waals surface area (Å²) in [5.41, 5.74) is 1.34. The molecule has 1 unspecified atom stereocenters. The van der Waals surface area contributed by atoms with Gasteiger partial charge in [0, 0.05) is 10.9 Å². The third kappa shape index (κ3) is 3.81. The Morgan fingerprint density at radius 1 is 1.50 bits per heavy atom. The maximum absolute atomic E-state index is 13.3. The number of nitrogens with one attached hydrogen (secondary N) is 1. The SMILES string of the molecule is C#CCN1CCCCC1C(=O)Nc1nc(-c2cccc(F)c2)cs1. The van der Waals surface area contributed by atoms with Gasteiger partial charge in [0.1, 0.15) is 5.82 Å². The van der Waals surface area contributed by atoms with Crippen molar-refractivity contribution < 1.29 is 9.18 Å². The van der Waals surface area contributed by atoms with Crippen LogP contribution in [0.2, 0.25) is 0 Å². The first-order valence-electron chi connectivity index (χ1n) is 7.87. The van der Waals surface area contributed by atoms with Gasteiger partial charge in [-0.1, -0.05) is 24.5 Å². The zero-order valence-electron chi connectivity index (χ0n) is 13.2. The zero-order valence-corrected chi connectivity index (χ0v) is 14.0. The van der Waals surface area contributed by atoms with Gasteiger partial charge in [0.25, 0.3) is 0 Å². The summed E-state index contributed by atoms with van der Waals surface area (Å²) >= 11 is 1.33. The monoisotopic (exact) mass is 343 g/mol. The Bertz CT molecular complexity index is 768. The number of thiazole rings is 1. The first kappa shape index (κ1) is 16.6. The second-order valence-corrected chi connectivity index (χ2v) is 6.58. The second-order valence-electron chi connectivity index (χ2n) is 5.72. The number of rotatable bonds is 4. The van der Waals surface area contributed by atoms with Crippen LogP contribution < -0.4 is 5.32 Å². The van der Waals surface area contributed by atoms with Gasteiger partial charge >= 0.3 is 0 Å². The fourth-order valence-electron chi connectivity index (χ4n) is 2.89. The maximum atomic E-state index is 13.3. The van der Waals surface area contributed by atoms with E-state index in [-0.39, 0.29) is 17.8 Å². The molecule has 2 heterocycles. The number of carbonyl (C=O) groups excluding carboxylic acids is 1. The van der Waals surface area contributed by atoms with Gasteiger partial charge in [-0.25, -0.2) is 9.37 Å². The molecule has 124 valence electrons. The molecule has 1 amide bonds. The molecule has 1 aromatic heterocycles. The molecule has 2 aromatic rings. The first-order chi connectivity index (χ1) is 11.7. The summed E-state index contributed by atoms with van der Waals surface area (Å²) in [5, 5.41) is 5.20. The molecule has 1 N–H and O–H groups in total. The molecule has 0 radical (unpaired) electrons. The van der Waals surface area contributed by atoms with E-state index in [0.29, 0.717) is 22.9 Å². The zero-order chi connectivity index (χ0) is 16.9. The van der Waals surface area contributed by atoms with E-state index in [1.165, 1.54) is 23.5 Å². The molecule has 0 saturated carbocycles. The molecule has 3 rings (SSSR count). The quantitative estimate of drug-likeness (QED) is 0.866. The molecule has 6 heteroatoms. The molecular weight excluding hydrogens is 325 g/mol. The normalized spacial score (nSPS) is 18.1. The lowest BCUT2D eigenvalue weighted by molar-refractivity contribution is -0.122. The van der Waals surface area contributed by atoms with Crippen LogP contribution in [0.1, 0.15) is 19.3 Å². The van der Waals surface area contributed by atoms with Crippen molar-refractivity contribution in [3.63, 3.8) is 0 Å². The fraction of sp³-hybridized carbons (Fsp3) is 0.333. The highest BCUT2D eigenvalue weighted by molar-refractivity contribution is 7.14. The fourth-order valence-corrected chi connectivity index (χ4v) is 3.62. The average molecular weight is 343 g/mol. The lowest BCUT2D eigenvalue weighted by Gasteiger charge is -2.32. The van der Waals surface area contributed by atoms with E-state index in [4.69, 9.17) is 6.42 Å². The van der Waals surface area contributed by atoms with Crippen LogP contribution in [0.15, 0.2) is 29.6 Å². The Kier molecular flexibility index (Phi) is 5.24. The number of benzene rings is 1. The number of aromatic nitrogens is 1. The molecule has 1 aromatic carbocycles. The number of halogens is 1. The Hall–Kier alpha value is -2.23. The Morgan fingerprint density at radius 3 is 3.17 bits per heavy atom. The van der Waals surface area contributed by atoms with Crippen LogP contribution >= 0.6 is 11.3 Å². The van der Waals surface area contributed by atoms with Gasteiger partial charge in [-0.05, 0) is 31.5 Å². The number of hydrogen-bond acceptors (Lipinski definition) is 4. The third-order valence-electron chi connectivity index (χ3n) is 4.07. The van der Waals surface area contributed by atoms with E-state index in [9.17, 15) is 9.18 Å². The summed E-state index contributed by atoms with van der Waals surface area (Å²) in [5.74, 6) is 2.23. The summed E-state index contributed by atoms with van der Waals surface area (Å²) in [4.78, 5) is 19.0. The molecule has 0 spiro atoms. The molecule has 1 aliphatic rings. The van der Waals surface area contributed by atoms with Crippen LogP contribution in [-0.2, 0) is 4.79 Å². The molecule has 24 heavy (non-hydrogen) atoms. The van der Waals surface area contributed by atoms with Gasteiger partial charge < -0.3 is 5.32 Å². The van der Waals surface area contributed by atoms with E-state index < -0.39 is 0 Å². The van der Waals surface area contributed by atoms with Gasteiger partial charge in [0.15, 0.2) is 5.13 Å². The van der Waals surface area contributed by atoms with Gasteiger partial charge in [0.2, 0.25) is 5.91 Å². The topological polar surface area (TPSA) is 45.2 Å². The van der Waals surface area contributed by atoms with Crippen LogP contribution in [0.25, 0.3) is 11.3 Å². The van der Waals surface area contributed by atoms with Gasteiger partial charge in [-0.2, -0.15) is 0 Å². The van der Waals surface area contributed by atoms with Crippen LogP contribution in [0.4, 0.5) is 9.52 Å². The minimum absolute atomic E-state index is 0.0786. The van der Waals surface area contributed by atoms with Crippen molar-refractivity contribution in [2.45, 2.75) is 25.3 Å². The van der Waals surface area contributed by atoms with Crippen molar-refractivity contribution in [2.24, 2.45) is 0 Å². The Labute approximate surface area is 144 Å².